The van der Waals surface area contributed by atoms with E-state index in [0.717, 1.165) is 0 Å². The Hall–Kier alpha value is -2.67. The molecule has 0 fully saturated rings. The van der Waals surface area contributed by atoms with E-state index in [2.05, 4.69) is 9.97 Å². The van der Waals surface area contributed by atoms with Gasteiger partial charge in [0, 0.05) is 11.8 Å². The summed E-state index contributed by atoms with van der Waals surface area (Å²) in [5.41, 5.74) is 6.70. The third kappa shape index (κ3) is 2.46. The molecule has 3 rings (SSSR count). The third-order valence-electron chi connectivity index (χ3n) is 3.20. The molecule has 6 nitrogen and oxygen atoms in total. The van der Waals surface area contributed by atoms with Crippen molar-refractivity contribution in [2.45, 2.75) is 6.54 Å². The fourth-order valence-corrected chi connectivity index (χ4v) is 2.36. The van der Waals surface area contributed by atoms with Gasteiger partial charge in [-0.25, -0.2) is 14.2 Å². The van der Waals surface area contributed by atoms with E-state index in [-0.39, 0.29) is 11.6 Å². The number of fused-ring (bicyclic) bond motifs is 1. The molecule has 22 heavy (non-hydrogen) atoms. The van der Waals surface area contributed by atoms with Crippen molar-refractivity contribution >= 4 is 28.7 Å². The molecule has 1 amide bonds. The number of imidazole rings is 1. The van der Waals surface area contributed by atoms with Gasteiger partial charge in [0.1, 0.15) is 12.4 Å². The molecule has 8 heteroatoms. The molecule has 0 aliphatic carbocycles. The molecule has 0 bridgehead atoms. The summed E-state index contributed by atoms with van der Waals surface area (Å²) in [5, 5.41) is -0.0128. The lowest BCUT2D eigenvalue weighted by Gasteiger charge is -2.04. The van der Waals surface area contributed by atoms with Crippen LogP contribution in [0.4, 0.5) is 4.39 Å². The summed E-state index contributed by atoms with van der Waals surface area (Å²) in [4.78, 5) is 29.5. The van der Waals surface area contributed by atoms with E-state index in [1.807, 2.05) is 0 Å². The number of carbonyl (C=O) groups excluding carboxylic acids is 1. The molecule has 0 aliphatic rings. The Kier molecular flexibility index (Phi) is 3.42. The Morgan fingerprint density at radius 3 is 2.82 bits per heavy atom. The number of carbonyl (C=O) groups is 1. The van der Waals surface area contributed by atoms with E-state index in [9.17, 15) is 14.0 Å². The van der Waals surface area contributed by atoms with Crippen LogP contribution in [0.3, 0.4) is 0 Å². The van der Waals surface area contributed by atoms with Crippen LogP contribution in [0.25, 0.3) is 22.3 Å². The topological polar surface area (TPSA) is 93.8 Å². The normalized spacial score (nSPS) is 11.0. The molecule has 0 saturated heterocycles. The number of nitrogens with two attached hydrogens (primary N) is 1. The van der Waals surface area contributed by atoms with Crippen molar-refractivity contribution < 1.29 is 9.18 Å². The summed E-state index contributed by atoms with van der Waals surface area (Å²) in [7, 11) is 0. The lowest BCUT2D eigenvalue weighted by Crippen LogP contribution is -2.26. The summed E-state index contributed by atoms with van der Waals surface area (Å²) >= 11 is 5.77. The fraction of sp³-hybridized carbons (Fsp3) is 0.0714. The van der Waals surface area contributed by atoms with Crippen LogP contribution in [0.2, 0.25) is 5.02 Å². The minimum atomic E-state index is -0.641. The minimum absolute atomic E-state index is 0.0128. The van der Waals surface area contributed by atoms with E-state index < -0.39 is 17.4 Å². The zero-order valence-corrected chi connectivity index (χ0v) is 11.9. The minimum Gasteiger partial charge on any atom is -0.368 e. The molecule has 112 valence electrons. The van der Waals surface area contributed by atoms with Gasteiger partial charge in [-0.15, -0.1) is 0 Å². The lowest BCUT2D eigenvalue weighted by molar-refractivity contribution is -0.118. The van der Waals surface area contributed by atoms with E-state index in [4.69, 9.17) is 17.3 Å². The molecular formula is C14H10ClFN4O2. The number of H-pyrrole nitrogens is 1. The largest absolute Gasteiger partial charge is 0.368 e. The summed E-state index contributed by atoms with van der Waals surface area (Å²) in [6.07, 6.45) is 1.52. The number of primary amides is 1. The molecule has 2 heterocycles. The number of nitrogens with one attached hydrogen (secondary N) is 1. The molecular weight excluding hydrogens is 311 g/mol. The van der Waals surface area contributed by atoms with Crippen molar-refractivity contribution in [2.75, 3.05) is 0 Å². The molecule has 2 aromatic heterocycles. The van der Waals surface area contributed by atoms with Gasteiger partial charge in [0.25, 0.3) is 0 Å². The monoisotopic (exact) mass is 320 g/mol. The molecule has 0 atom stereocenters. The van der Waals surface area contributed by atoms with Crippen molar-refractivity contribution in [1.82, 2.24) is 14.5 Å². The van der Waals surface area contributed by atoms with Crippen LogP contribution >= 0.6 is 11.6 Å². The van der Waals surface area contributed by atoms with E-state index >= 15 is 0 Å². The number of rotatable bonds is 3. The van der Waals surface area contributed by atoms with Crippen LogP contribution in [0.1, 0.15) is 0 Å². The number of halogens is 2. The van der Waals surface area contributed by atoms with E-state index in [1.165, 1.54) is 22.9 Å². The highest BCUT2D eigenvalue weighted by Crippen LogP contribution is 2.26. The maximum Gasteiger partial charge on any atom is 0.328 e. The summed E-state index contributed by atoms with van der Waals surface area (Å²) in [6, 6.07) is 5.92. The van der Waals surface area contributed by atoms with Crippen molar-refractivity contribution in [2.24, 2.45) is 5.73 Å². The van der Waals surface area contributed by atoms with Gasteiger partial charge in [-0.3, -0.25) is 14.3 Å². The highest BCUT2D eigenvalue weighted by Gasteiger charge is 2.12. The second-order valence-corrected chi connectivity index (χ2v) is 5.11. The average Bonchev–Trinajstić information content (AvgIpc) is 2.77. The Morgan fingerprint density at radius 2 is 2.14 bits per heavy atom. The quantitative estimate of drug-likeness (QED) is 0.768. The second kappa shape index (κ2) is 5.27. The number of aromatic amines is 1. The van der Waals surface area contributed by atoms with Gasteiger partial charge in [-0.1, -0.05) is 17.7 Å². The van der Waals surface area contributed by atoms with Crippen LogP contribution in [-0.4, -0.2) is 20.4 Å². The van der Waals surface area contributed by atoms with Gasteiger partial charge >= 0.3 is 5.69 Å². The lowest BCUT2D eigenvalue weighted by atomic mass is 10.1. The molecule has 0 aliphatic heterocycles. The van der Waals surface area contributed by atoms with E-state index in [0.29, 0.717) is 22.3 Å². The zero-order chi connectivity index (χ0) is 15.9. The molecule has 0 spiro atoms. The van der Waals surface area contributed by atoms with Crippen molar-refractivity contribution in [3.8, 4) is 11.1 Å². The number of pyridine rings is 1. The van der Waals surface area contributed by atoms with Gasteiger partial charge in [0.2, 0.25) is 5.91 Å². The molecule has 0 unspecified atom stereocenters. The number of aromatic nitrogens is 3. The molecule has 1 aromatic carbocycles. The first-order valence-corrected chi connectivity index (χ1v) is 6.66. The Labute approximate surface area is 128 Å². The summed E-state index contributed by atoms with van der Waals surface area (Å²) in [5.74, 6) is -1.16. The van der Waals surface area contributed by atoms with E-state index in [1.54, 1.807) is 12.1 Å². The highest BCUT2D eigenvalue weighted by molar-refractivity contribution is 6.31. The summed E-state index contributed by atoms with van der Waals surface area (Å²) in [6.45, 7) is -0.256. The smallest absolute Gasteiger partial charge is 0.328 e. The fourth-order valence-electron chi connectivity index (χ4n) is 2.18. The standard InChI is InChI=1S/C14H10ClFN4O2/c15-9-3-7(1-2-10(9)16)8-4-11-13(18-5-8)19-14(22)20(11)6-12(17)21/h1-5H,6H2,(H2,17,21)(H,18,19,22). The predicted octanol–water partition coefficient (Wildman–Crippen LogP) is 1.67. The average molecular weight is 321 g/mol. The number of hydrogen-bond donors (Lipinski definition) is 2. The first-order chi connectivity index (χ1) is 10.5. The summed E-state index contributed by atoms with van der Waals surface area (Å²) < 4.78 is 14.4. The Balaban J connectivity index is 2.17. The van der Waals surface area contributed by atoms with Crippen LogP contribution in [0.15, 0.2) is 35.3 Å². The van der Waals surface area contributed by atoms with Gasteiger partial charge in [0.05, 0.1) is 10.5 Å². The van der Waals surface area contributed by atoms with Gasteiger partial charge < -0.3 is 5.73 Å². The highest BCUT2D eigenvalue weighted by atomic mass is 35.5. The Bertz CT molecular complexity index is 948. The van der Waals surface area contributed by atoms with Gasteiger partial charge in [-0.05, 0) is 23.8 Å². The zero-order valence-electron chi connectivity index (χ0n) is 11.1. The van der Waals surface area contributed by atoms with Crippen LogP contribution in [0.5, 0.6) is 0 Å². The number of benzene rings is 1. The Morgan fingerprint density at radius 1 is 1.36 bits per heavy atom. The number of nitrogens with zero attached hydrogens (tertiary/aromatic N) is 2. The van der Waals surface area contributed by atoms with Crippen LogP contribution < -0.4 is 11.4 Å². The van der Waals surface area contributed by atoms with Crippen LogP contribution in [-0.2, 0) is 11.3 Å². The first kappa shape index (κ1) is 14.3. The van der Waals surface area contributed by atoms with Crippen molar-refractivity contribution in [3.63, 3.8) is 0 Å². The maximum absolute atomic E-state index is 13.2. The number of amides is 1. The van der Waals surface area contributed by atoms with Crippen molar-refractivity contribution in [1.29, 1.82) is 0 Å². The molecule has 0 radical (unpaired) electrons. The van der Waals surface area contributed by atoms with Gasteiger partial charge in [-0.2, -0.15) is 0 Å². The number of hydrogen-bond acceptors (Lipinski definition) is 3. The van der Waals surface area contributed by atoms with Crippen molar-refractivity contribution in [3.05, 3.63) is 51.8 Å². The van der Waals surface area contributed by atoms with Crippen LogP contribution in [0, 0.1) is 5.82 Å². The molecule has 0 saturated carbocycles. The molecule has 3 aromatic rings. The second-order valence-electron chi connectivity index (χ2n) is 4.70. The third-order valence-corrected chi connectivity index (χ3v) is 3.49. The SMILES string of the molecule is NC(=O)Cn1c(=O)[nH]c2ncc(-c3ccc(F)c(Cl)c3)cc21. The predicted molar refractivity (Wildman–Crippen MR) is 80.0 cm³/mol. The first-order valence-electron chi connectivity index (χ1n) is 6.28. The van der Waals surface area contributed by atoms with Gasteiger partial charge in [0.15, 0.2) is 5.65 Å². The maximum atomic E-state index is 13.2. The molecule has 3 N–H and O–H groups in total.